The average molecular weight is 389 g/mol. The van der Waals surface area contributed by atoms with Crippen molar-refractivity contribution in [3.8, 4) is 0 Å². The first-order chi connectivity index (χ1) is 13.9. The molecule has 1 amide bonds. The number of anilines is 1. The van der Waals surface area contributed by atoms with Crippen molar-refractivity contribution in [2.24, 2.45) is 0 Å². The minimum absolute atomic E-state index is 0.156. The molecule has 0 saturated heterocycles. The topological polar surface area (TPSA) is 85.8 Å². The van der Waals surface area contributed by atoms with Crippen LogP contribution in [0.3, 0.4) is 0 Å². The van der Waals surface area contributed by atoms with Gasteiger partial charge < -0.3 is 9.84 Å². The van der Waals surface area contributed by atoms with E-state index < -0.39 is 0 Å². The van der Waals surface area contributed by atoms with Crippen molar-refractivity contribution >= 4 is 22.8 Å². The van der Waals surface area contributed by atoms with Crippen LogP contribution < -0.4 is 5.32 Å². The van der Waals surface area contributed by atoms with Gasteiger partial charge in [-0.05, 0) is 31.4 Å². The highest BCUT2D eigenvalue weighted by molar-refractivity contribution is 6.12. The minimum atomic E-state index is -0.240. The van der Waals surface area contributed by atoms with E-state index in [-0.39, 0.29) is 11.8 Å². The molecule has 4 aromatic rings. The quantitative estimate of drug-likeness (QED) is 0.545. The Morgan fingerprint density at radius 2 is 1.93 bits per heavy atom. The van der Waals surface area contributed by atoms with Crippen molar-refractivity contribution in [2.75, 3.05) is 5.32 Å². The summed E-state index contributed by atoms with van der Waals surface area (Å²) in [6.45, 7) is 8.47. The van der Waals surface area contributed by atoms with Crippen LogP contribution in [0.4, 0.5) is 5.82 Å². The number of aryl methyl sites for hydroxylation is 2. The van der Waals surface area contributed by atoms with Crippen LogP contribution in [0.15, 0.2) is 47.1 Å². The van der Waals surface area contributed by atoms with E-state index in [0.717, 1.165) is 11.3 Å². The third kappa shape index (κ3) is 3.76. The van der Waals surface area contributed by atoms with Gasteiger partial charge >= 0.3 is 0 Å². The normalized spacial score (nSPS) is 11.3. The number of nitrogens with one attached hydrogen (secondary N) is 1. The van der Waals surface area contributed by atoms with Crippen LogP contribution in [0.25, 0.3) is 11.1 Å². The largest absolute Gasteiger partial charge is 0.336 e. The summed E-state index contributed by atoms with van der Waals surface area (Å²) in [5, 5.41) is 12.0. The molecule has 0 aliphatic carbocycles. The molecular formula is C22H23N5O2. The second-order valence-electron chi connectivity index (χ2n) is 7.51. The van der Waals surface area contributed by atoms with Crippen molar-refractivity contribution in [3.63, 3.8) is 0 Å². The molecule has 1 N–H and O–H groups in total. The molecule has 0 unspecified atom stereocenters. The van der Waals surface area contributed by atoms with E-state index >= 15 is 0 Å². The number of carbonyl (C=O) groups excluding carboxylic acids is 1. The van der Waals surface area contributed by atoms with Gasteiger partial charge in [0.1, 0.15) is 5.82 Å². The van der Waals surface area contributed by atoms with Crippen molar-refractivity contribution < 1.29 is 9.32 Å². The maximum absolute atomic E-state index is 13.2. The van der Waals surface area contributed by atoms with Gasteiger partial charge in [-0.3, -0.25) is 4.79 Å². The van der Waals surface area contributed by atoms with Gasteiger partial charge in [-0.1, -0.05) is 48.8 Å². The Hall–Kier alpha value is -3.48. The SMILES string of the molecule is Cc1ccc(Cn2nccc2NC(=O)c2cc(C(C)C)nc3onc(C)c23)cc1. The predicted molar refractivity (Wildman–Crippen MR) is 111 cm³/mol. The standard InChI is InChI=1S/C22H23N5O2/c1-13(2)18-11-17(20-15(4)26-29-22(20)24-18)21(28)25-19-9-10-23-27(19)12-16-7-5-14(3)6-8-16/h5-11,13H,12H2,1-4H3,(H,25,28). The maximum atomic E-state index is 13.2. The first-order valence-corrected chi connectivity index (χ1v) is 9.58. The number of hydrogen-bond acceptors (Lipinski definition) is 5. The van der Waals surface area contributed by atoms with Gasteiger partial charge in [0.25, 0.3) is 11.6 Å². The Balaban J connectivity index is 1.65. The fourth-order valence-corrected chi connectivity index (χ4v) is 3.20. The van der Waals surface area contributed by atoms with Gasteiger partial charge in [-0.2, -0.15) is 5.10 Å². The number of pyridine rings is 1. The number of benzene rings is 1. The summed E-state index contributed by atoms with van der Waals surface area (Å²) in [4.78, 5) is 17.6. The number of nitrogens with zero attached hydrogens (tertiary/aromatic N) is 4. The van der Waals surface area contributed by atoms with Gasteiger partial charge in [-0.25, -0.2) is 9.67 Å². The molecule has 3 heterocycles. The van der Waals surface area contributed by atoms with Gasteiger partial charge in [0, 0.05) is 11.8 Å². The van der Waals surface area contributed by atoms with Crippen LogP contribution in [-0.4, -0.2) is 25.8 Å². The van der Waals surface area contributed by atoms with E-state index in [4.69, 9.17) is 4.52 Å². The molecule has 0 spiro atoms. The summed E-state index contributed by atoms with van der Waals surface area (Å²) >= 11 is 0. The maximum Gasteiger partial charge on any atom is 0.259 e. The second kappa shape index (κ2) is 7.50. The van der Waals surface area contributed by atoms with E-state index in [1.165, 1.54) is 5.56 Å². The smallest absolute Gasteiger partial charge is 0.259 e. The summed E-state index contributed by atoms with van der Waals surface area (Å²) in [5.74, 6) is 0.542. The number of carbonyl (C=O) groups is 1. The van der Waals surface area contributed by atoms with E-state index in [1.54, 1.807) is 23.9 Å². The van der Waals surface area contributed by atoms with E-state index in [0.29, 0.717) is 34.7 Å². The van der Waals surface area contributed by atoms with Gasteiger partial charge in [0.15, 0.2) is 0 Å². The van der Waals surface area contributed by atoms with Crippen LogP contribution in [-0.2, 0) is 6.54 Å². The molecule has 0 bridgehead atoms. The van der Waals surface area contributed by atoms with E-state index in [2.05, 4.69) is 51.7 Å². The molecule has 0 radical (unpaired) electrons. The number of rotatable bonds is 5. The molecule has 1 aromatic carbocycles. The van der Waals surface area contributed by atoms with Crippen LogP contribution >= 0.6 is 0 Å². The zero-order valence-corrected chi connectivity index (χ0v) is 16.9. The van der Waals surface area contributed by atoms with Crippen LogP contribution in [0.1, 0.15) is 52.6 Å². The molecule has 0 aliphatic rings. The highest BCUT2D eigenvalue weighted by Gasteiger charge is 2.20. The predicted octanol–water partition coefficient (Wildman–Crippen LogP) is 4.46. The Morgan fingerprint density at radius 1 is 1.17 bits per heavy atom. The summed E-state index contributed by atoms with van der Waals surface area (Å²) in [5.41, 5.74) is 4.62. The molecule has 148 valence electrons. The number of hydrogen-bond donors (Lipinski definition) is 1. The molecule has 29 heavy (non-hydrogen) atoms. The Kier molecular flexibility index (Phi) is 4.88. The van der Waals surface area contributed by atoms with Crippen LogP contribution in [0.2, 0.25) is 0 Å². The fourth-order valence-electron chi connectivity index (χ4n) is 3.20. The van der Waals surface area contributed by atoms with E-state index in [1.807, 2.05) is 19.9 Å². The highest BCUT2D eigenvalue weighted by atomic mass is 16.5. The van der Waals surface area contributed by atoms with Crippen molar-refractivity contribution in [1.82, 2.24) is 19.9 Å². The molecule has 7 heteroatoms. The number of aromatic nitrogens is 4. The Morgan fingerprint density at radius 3 is 2.66 bits per heavy atom. The zero-order chi connectivity index (χ0) is 20.5. The Labute approximate surface area is 168 Å². The summed E-state index contributed by atoms with van der Waals surface area (Å²) < 4.78 is 7.09. The van der Waals surface area contributed by atoms with Crippen molar-refractivity contribution in [3.05, 3.63) is 70.7 Å². The molecular weight excluding hydrogens is 366 g/mol. The number of fused-ring (bicyclic) bond motifs is 1. The average Bonchev–Trinajstić information content (AvgIpc) is 3.29. The molecule has 0 atom stereocenters. The minimum Gasteiger partial charge on any atom is -0.336 e. The fraction of sp³-hybridized carbons (Fsp3) is 0.273. The first-order valence-electron chi connectivity index (χ1n) is 9.58. The monoisotopic (exact) mass is 389 g/mol. The van der Waals surface area contributed by atoms with Crippen LogP contribution in [0, 0.1) is 13.8 Å². The van der Waals surface area contributed by atoms with Gasteiger partial charge in [0.05, 0.1) is 29.4 Å². The lowest BCUT2D eigenvalue weighted by Crippen LogP contribution is -2.17. The van der Waals surface area contributed by atoms with E-state index in [9.17, 15) is 4.79 Å². The summed E-state index contributed by atoms with van der Waals surface area (Å²) in [6, 6.07) is 11.8. The third-order valence-electron chi connectivity index (χ3n) is 4.88. The third-order valence-corrected chi connectivity index (χ3v) is 4.88. The zero-order valence-electron chi connectivity index (χ0n) is 16.9. The lowest BCUT2D eigenvalue weighted by molar-refractivity contribution is 0.102. The van der Waals surface area contributed by atoms with Gasteiger partial charge in [0.2, 0.25) is 0 Å². The van der Waals surface area contributed by atoms with Crippen molar-refractivity contribution in [2.45, 2.75) is 40.2 Å². The summed E-state index contributed by atoms with van der Waals surface area (Å²) in [6.07, 6.45) is 1.68. The van der Waals surface area contributed by atoms with Crippen molar-refractivity contribution in [1.29, 1.82) is 0 Å². The molecule has 4 rings (SSSR count). The molecule has 7 nitrogen and oxygen atoms in total. The molecule has 0 aliphatic heterocycles. The second-order valence-corrected chi connectivity index (χ2v) is 7.51. The highest BCUT2D eigenvalue weighted by Crippen LogP contribution is 2.26. The first kappa shape index (κ1) is 18.9. The van der Waals surface area contributed by atoms with Gasteiger partial charge in [-0.15, -0.1) is 0 Å². The molecule has 0 fully saturated rings. The Bertz CT molecular complexity index is 1170. The lowest BCUT2D eigenvalue weighted by Gasteiger charge is -2.11. The molecule has 0 saturated carbocycles. The number of amides is 1. The summed E-state index contributed by atoms with van der Waals surface area (Å²) in [7, 11) is 0. The van der Waals surface area contributed by atoms with Crippen LogP contribution in [0.5, 0.6) is 0 Å². The molecule has 3 aromatic heterocycles. The lowest BCUT2D eigenvalue weighted by atomic mass is 10.0.